The second-order valence-corrected chi connectivity index (χ2v) is 5.06. The van der Waals surface area contributed by atoms with Crippen molar-refractivity contribution in [1.82, 2.24) is 15.3 Å². The van der Waals surface area contributed by atoms with Crippen molar-refractivity contribution >= 4 is 11.0 Å². The summed E-state index contributed by atoms with van der Waals surface area (Å²) < 4.78 is 0. The van der Waals surface area contributed by atoms with Gasteiger partial charge in [0.15, 0.2) is 0 Å². The number of aromatic nitrogens is 2. The van der Waals surface area contributed by atoms with E-state index in [1.54, 1.807) is 0 Å². The third-order valence-corrected chi connectivity index (χ3v) is 3.18. The predicted octanol–water partition coefficient (Wildman–Crippen LogP) is 2.55. The third-order valence-electron chi connectivity index (χ3n) is 3.18. The first-order chi connectivity index (χ1) is 8.61. The largest absolute Gasteiger partial charge is 0.323 e. The first kappa shape index (κ1) is 12.9. The second-order valence-electron chi connectivity index (χ2n) is 5.06. The Labute approximate surface area is 107 Å². The maximum absolute atomic E-state index is 11.2. The van der Waals surface area contributed by atoms with Crippen molar-refractivity contribution in [2.24, 2.45) is 5.92 Å². The van der Waals surface area contributed by atoms with Crippen LogP contribution in [0.25, 0.3) is 11.0 Å². The Morgan fingerprint density at radius 2 is 1.94 bits per heavy atom. The van der Waals surface area contributed by atoms with Gasteiger partial charge in [0.25, 0.3) is 0 Å². The SMILES string of the molecule is CCCNC(c1ccc2[nH]c(=O)[nH]c2c1)C(C)C. The van der Waals surface area contributed by atoms with Gasteiger partial charge in [-0.2, -0.15) is 0 Å². The molecule has 0 aliphatic heterocycles. The van der Waals surface area contributed by atoms with E-state index in [9.17, 15) is 4.79 Å². The molecule has 0 fully saturated rings. The lowest BCUT2D eigenvalue weighted by Gasteiger charge is -2.22. The molecule has 0 aliphatic rings. The number of hydrogen-bond acceptors (Lipinski definition) is 2. The van der Waals surface area contributed by atoms with Gasteiger partial charge in [0.2, 0.25) is 0 Å². The highest BCUT2D eigenvalue weighted by molar-refractivity contribution is 5.75. The zero-order valence-corrected chi connectivity index (χ0v) is 11.2. The first-order valence-electron chi connectivity index (χ1n) is 6.57. The molecule has 4 heteroatoms. The molecular weight excluding hydrogens is 226 g/mol. The molecule has 0 spiro atoms. The zero-order chi connectivity index (χ0) is 13.1. The quantitative estimate of drug-likeness (QED) is 0.760. The molecule has 2 aromatic rings. The lowest BCUT2D eigenvalue weighted by atomic mass is 9.95. The molecule has 18 heavy (non-hydrogen) atoms. The van der Waals surface area contributed by atoms with Gasteiger partial charge in [-0.15, -0.1) is 0 Å². The summed E-state index contributed by atoms with van der Waals surface area (Å²) in [6.07, 6.45) is 1.12. The molecule has 1 unspecified atom stereocenters. The van der Waals surface area contributed by atoms with Gasteiger partial charge in [0, 0.05) is 6.04 Å². The Bertz CT molecular complexity index is 568. The number of aromatic amines is 2. The molecule has 0 bridgehead atoms. The third kappa shape index (κ3) is 2.64. The van der Waals surface area contributed by atoms with Gasteiger partial charge in [-0.1, -0.05) is 26.8 Å². The number of hydrogen-bond donors (Lipinski definition) is 3. The van der Waals surface area contributed by atoms with E-state index in [0.29, 0.717) is 12.0 Å². The maximum Gasteiger partial charge on any atom is 0.323 e. The van der Waals surface area contributed by atoms with Crippen LogP contribution >= 0.6 is 0 Å². The monoisotopic (exact) mass is 247 g/mol. The van der Waals surface area contributed by atoms with Crippen LogP contribution in [0.3, 0.4) is 0 Å². The van der Waals surface area contributed by atoms with E-state index in [4.69, 9.17) is 0 Å². The maximum atomic E-state index is 11.2. The van der Waals surface area contributed by atoms with Crippen LogP contribution in [0.4, 0.5) is 0 Å². The van der Waals surface area contributed by atoms with E-state index in [1.165, 1.54) is 5.56 Å². The van der Waals surface area contributed by atoms with Crippen LogP contribution in [0.2, 0.25) is 0 Å². The molecule has 1 aromatic carbocycles. The van der Waals surface area contributed by atoms with Crippen molar-refractivity contribution in [3.8, 4) is 0 Å². The molecule has 3 N–H and O–H groups in total. The average Bonchev–Trinajstić information content (AvgIpc) is 2.68. The number of nitrogens with one attached hydrogen (secondary N) is 3. The van der Waals surface area contributed by atoms with Crippen LogP contribution in [-0.4, -0.2) is 16.5 Å². The van der Waals surface area contributed by atoms with Gasteiger partial charge in [0.05, 0.1) is 11.0 Å². The summed E-state index contributed by atoms with van der Waals surface area (Å²) in [5.74, 6) is 0.514. The van der Waals surface area contributed by atoms with Gasteiger partial charge in [-0.25, -0.2) is 4.79 Å². The minimum Gasteiger partial charge on any atom is -0.310 e. The fourth-order valence-corrected chi connectivity index (χ4v) is 2.28. The van der Waals surface area contributed by atoms with E-state index in [2.05, 4.69) is 48.2 Å². The van der Waals surface area contributed by atoms with Gasteiger partial charge < -0.3 is 15.3 Å². The molecule has 98 valence electrons. The van der Waals surface area contributed by atoms with E-state index >= 15 is 0 Å². The smallest absolute Gasteiger partial charge is 0.310 e. The summed E-state index contributed by atoms with van der Waals surface area (Å²) in [6.45, 7) is 7.58. The minimum absolute atomic E-state index is 0.148. The molecule has 4 nitrogen and oxygen atoms in total. The minimum atomic E-state index is -0.148. The number of H-pyrrole nitrogens is 2. The molecule has 0 saturated carbocycles. The van der Waals surface area contributed by atoms with Gasteiger partial charge >= 0.3 is 5.69 Å². The van der Waals surface area contributed by atoms with Crippen LogP contribution in [0.1, 0.15) is 38.8 Å². The molecule has 0 saturated heterocycles. The Hall–Kier alpha value is -1.55. The highest BCUT2D eigenvalue weighted by Crippen LogP contribution is 2.23. The summed E-state index contributed by atoms with van der Waals surface area (Å²) >= 11 is 0. The molecule has 0 amide bonds. The van der Waals surface area contributed by atoms with Gasteiger partial charge in [-0.05, 0) is 36.6 Å². The summed E-state index contributed by atoms with van der Waals surface area (Å²) in [6, 6.07) is 6.43. The summed E-state index contributed by atoms with van der Waals surface area (Å²) in [5.41, 5.74) is 2.81. The van der Waals surface area contributed by atoms with Crippen LogP contribution < -0.4 is 11.0 Å². The fraction of sp³-hybridized carbons (Fsp3) is 0.500. The highest BCUT2D eigenvalue weighted by Gasteiger charge is 2.15. The van der Waals surface area contributed by atoms with Crippen LogP contribution in [0, 0.1) is 5.92 Å². The first-order valence-corrected chi connectivity index (χ1v) is 6.57. The summed E-state index contributed by atoms with van der Waals surface area (Å²) in [4.78, 5) is 16.8. The number of benzene rings is 1. The molecule has 0 aliphatic carbocycles. The Balaban J connectivity index is 2.34. The van der Waals surface area contributed by atoms with E-state index in [1.807, 2.05) is 6.07 Å². The molecular formula is C14H21N3O. The van der Waals surface area contributed by atoms with E-state index in [0.717, 1.165) is 24.0 Å². The van der Waals surface area contributed by atoms with Crippen LogP contribution in [-0.2, 0) is 0 Å². The molecule has 2 rings (SSSR count). The molecule has 0 radical (unpaired) electrons. The fourth-order valence-electron chi connectivity index (χ4n) is 2.28. The Kier molecular flexibility index (Phi) is 3.87. The highest BCUT2D eigenvalue weighted by atomic mass is 16.1. The lowest BCUT2D eigenvalue weighted by Crippen LogP contribution is -2.26. The molecule has 1 aromatic heterocycles. The molecule has 1 heterocycles. The van der Waals surface area contributed by atoms with E-state index < -0.39 is 0 Å². The number of fused-ring (bicyclic) bond motifs is 1. The molecule has 1 atom stereocenters. The van der Waals surface area contributed by atoms with E-state index in [-0.39, 0.29) is 5.69 Å². The number of rotatable bonds is 5. The van der Waals surface area contributed by atoms with Crippen molar-refractivity contribution in [2.75, 3.05) is 6.54 Å². The second kappa shape index (κ2) is 5.40. The average molecular weight is 247 g/mol. The normalized spacial score (nSPS) is 13.3. The van der Waals surface area contributed by atoms with Crippen molar-refractivity contribution < 1.29 is 0 Å². The summed E-state index contributed by atoms with van der Waals surface area (Å²) in [7, 11) is 0. The summed E-state index contributed by atoms with van der Waals surface area (Å²) in [5, 5.41) is 3.55. The van der Waals surface area contributed by atoms with Crippen LogP contribution in [0.15, 0.2) is 23.0 Å². The Morgan fingerprint density at radius 1 is 1.22 bits per heavy atom. The van der Waals surface area contributed by atoms with Crippen molar-refractivity contribution in [1.29, 1.82) is 0 Å². The standard InChI is InChI=1S/C14H21N3O/c1-4-7-15-13(9(2)3)10-5-6-11-12(8-10)17-14(18)16-11/h5-6,8-9,13,15H,4,7H2,1-3H3,(H2,16,17,18). The Morgan fingerprint density at radius 3 is 2.61 bits per heavy atom. The zero-order valence-electron chi connectivity index (χ0n) is 11.2. The van der Waals surface area contributed by atoms with Crippen molar-refractivity contribution in [3.05, 3.63) is 34.2 Å². The van der Waals surface area contributed by atoms with Crippen molar-refractivity contribution in [2.45, 2.75) is 33.2 Å². The number of imidazole rings is 1. The predicted molar refractivity (Wildman–Crippen MR) is 74.8 cm³/mol. The topological polar surface area (TPSA) is 60.7 Å². The lowest BCUT2D eigenvalue weighted by molar-refractivity contribution is 0.413. The van der Waals surface area contributed by atoms with Crippen molar-refractivity contribution in [3.63, 3.8) is 0 Å². The van der Waals surface area contributed by atoms with Gasteiger partial charge in [-0.3, -0.25) is 0 Å². The van der Waals surface area contributed by atoms with Gasteiger partial charge in [0.1, 0.15) is 0 Å². The van der Waals surface area contributed by atoms with Crippen LogP contribution in [0.5, 0.6) is 0 Å².